The zero-order valence-electron chi connectivity index (χ0n) is 12.1. The van der Waals surface area contributed by atoms with Gasteiger partial charge in [-0.25, -0.2) is 0 Å². The summed E-state index contributed by atoms with van der Waals surface area (Å²) in [6.45, 7) is 1.05. The van der Waals surface area contributed by atoms with Crippen LogP contribution >= 0.6 is 17.0 Å². The van der Waals surface area contributed by atoms with Gasteiger partial charge in [-0.1, -0.05) is 38.2 Å². The van der Waals surface area contributed by atoms with Crippen molar-refractivity contribution >= 4 is 22.7 Å². The summed E-state index contributed by atoms with van der Waals surface area (Å²) >= 11 is 0. The van der Waals surface area contributed by atoms with E-state index in [1.807, 2.05) is 0 Å². The van der Waals surface area contributed by atoms with Crippen molar-refractivity contribution < 1.29 is 0 Å². The standard InChI is InChI=1S/C16H28N2.BrH/c1-2-4-8-12-15(11-7-3-1)16-13-9-5-6-10-14-17-18-16;/h11,17H,1-10,12-14H2;1H. The second-order valence-electron chi connectivity index (χ2n) is 5.67. The average molecular weight is 329 g/mol. The molecule has 0 unspecified atom stereocenters. The Labute approximate surface area is 128 Å². The van der Waals surface area contributed by atoms with Crippen molar-refractivity contribution in [1.29, 1.82) is 0 Å². The average Bonchev–Trinajstić information content (AvgIpc) is 2.61. The lowest BCUT2D eigenvalue weighted by atomic mass is 9.98. The van der Waals surface area contributed by atoms with Crippen LogP contribution in [0, 0.1) is 0 Å². The van der Waals surface area contributed by atoms with E-state index in [1.165, 1.54) is 82.8 Å². The normalized spacial score (nSPS) is 22.7. The number of hydrogen-bond acceptors (Lipinski definition) is 2. The van der Waals surface area contributed by atoms with E-state index in [2.05, 4.69) is 16.6 Å². The number of nitrogens with zero attached hydrogens (tertiary/aromatic N) is 1. The molecule has 19 heavy (non-hydrogen) atoms. The first-order valence-corrected chi connectivity index (χ1v) is 7.95. The van der Waals surface area contributed by atoms with Crippen LogP contribution in [-0.2, 0) is 0 Å². The Kier molecular flexibility index (Phi) is 9.23. The van der Waals surface area contributed by atoms with Gasteiger partial charge in [-0.3, -0.25) is 0 Å². The smallest absolute Gasteiger partial charge is 0.0631 e. The Morgan fingerprint density at radius 2 is 1.47 bits per heavy atom. The predicted octanol–water partition coefficient (Wildman–Crippen LogP) is 5.14. The quantitative estimate of drug-likeness (QED) is 0.707. The van der Waals surface area contributed by atoms with Gasteiger partial charge >= 0.3 is 0 Å². The van der Waals surface area contributed by atoms with Crippen LogP contribution in [0.2, 0.25) is 0 Å². The maximum absolute atomic E-state index is 4.67. The van der Waals surface area contributed by atoms with E-state index in [4.69, 9.17) is 0 Å². The fourth-order valence-corrected chi connectivity index (χ4v) is 2.92. The SMILES string of the molecule is Br.C1=C(C2=NNCCCCCC2)CCCCCCC1. The molecule has 0 saturated heterocycles. The number of rotatable bonds is 1. The Bertz CT molecular complexity index is 267. The van der Waals surface area contributed by atoms with Gasteiger partial charge in [0, 0.05) is 6.54 Å². The molecule has 3 heteroatoms. The first kappa shape index (κ1) is 16.7. The first-order chi connectivity index (χ1) is 8.97. The molecule has 2 nitrogen and oxygen atoms in total. The third-order valence-corrected chi connectivity index (χ3v) is 4.08. The van der Waals surface area contributed by atoms with E-state index in [0.29, 0.717) is 0 Å². The molecular weight excluding hydrogens is 300 g/mol. The Morgan fingerprint density at radius 3 is 2.37 bits per heavy atom. The van der Waals surface area contributed by atoms with E-state index in [1.54, 1.807) is 5.57 Å². The number of hydrazone groups is 1. The molecule has 0 aromatic heterocycles. The molecule has 0 fully saturated rings. The summed E-state index contributed by atoms with van der Waals surface area (Å²) in [6.07, 6.45) is 18.4. The molecule has 2 aliphatic rings. The summed E-state index contributed by atoms with van der Waals surface area (Å²) in [5.41, 5.74) is 6.18. The molecule has 0 aromatic carbocycles. The van der Waals surface area contributed by atoms with E-state index in [9.17, 15) is 0 Å². The zero-order chi connectivity index (χ0) is 12.5. The van der Waals surface area contributed by atoms with Gasteiger partial charge in [0.05, 0.1) is 5.71 Å². The number of nitrogens with one attached hydrogen (secondary N) is 1. The van der Waals surface area contributed by atoms with Crippen molar-refractivity contribution in [1.82, 2.24) is 5.43 Å². The molecule has 1 aliphatic carbocycles. The van der Waals surface area contributed by atoms with E-state index >= 15 is 0 Å². The minimum Gasteiger partial charge on any atom is -0.310 e. The molecule has 110 valence electrons. The van der Waals surface area contributed by atoms with Gasteiger partial charge in [-0.05, 0) is 50.5 Å². The summed E-state index contributed by atoms with van der Waals surface area (Å²) in [4.78, 5) is 0. The summed E-state index contributed by atoms with van der Waals surface area (Å²) in [5.74, 6) is 0. The van der Waals surface area contributed by atoms with Crippen LogP contribution in [0.3, 0.4) is 0 Å². The lowest BCUT2D eigenvalue weighted by Gasteiger charge is -2.10. The Balaban J connectivity index is 0.00000180. The van der Waals surface area contributed by atoms with Crippen molar-refractivity contribution in [2.75, 3.05) is 6.54 Å². The molecule has 0 atom stereocenters. The highest BCUT2D eigenvalue weighted by Gasteiger charge is 2.10. The number of allylic oxidation sites excluding steroid dienone is 2. The van der Waals surface area contributed by atoms with Crippen molar-refractivity contribution in [2.24, 2.45) is 5.10 Å². The van der Waals surface area contributed by atoms with Gasteiger partial charge in [0.15, 0.2) is 0 Å². The van der Waals surface area contributed by atoms with Crippen LogP contribution in [0.15, 0.2) is 16.8 Å². The maximum Gasteiger partial charge on any atom is 0.0631 e. The van der Waals surface area contributed by atoms with Crippen molar-refractivity contribution in [3.63, 3.8) is 0 Å². The highest BCUT2D eigenvalue weighted by Crippen LogP contribution is 2.20. The molecule has 0 radical (unpaired) electrons. The minimum absolute atomic E-state index is 0. The largest absolute Gasteiger partial charge is 0.310 e. The molecule has 0 bridgehead atoms. The molecule has 1 heterocycles. The molecule has 1 N–H and O–H groups in total. The van der Waals surface area contributed by atoms with Gasteiger partial charge in [0.1, 0.15) is 0 Å². The Morgan fingerprint density at radius 1 is 0.789 bits per heavy atom. The molecule has 0 spiro atoms. The third kappa shape index (κ3) is 6.60. The van der Waals surface area contributed by atoms with Gasteiger partial charge in [-0.15, -0.1) is 17.0 Å². The molecule has 0 saturated carbocycles. The maximum atomic E-state index is 4.67. The minimum atomic E-state index is 0. The molecular formula is C16H29BrN2. The van der Waals surface area contributed by atoms with Gasteiger partial charge in [-0.2, -0.15) is 5.10 Å². The van der Waals surface area contributed by atoms with Crippen LogP contribution in [0.5, 0.6) is 0 Å². The van der Waals surface area contributed by atoms with Crippen molar-refractivity contribution in [3.8, 4) is 0 Å². The third-order valence-electron chi connectivity index (χ3n) is 4.08. The summed E-state index contributed by atoms with van der Waals surface area (Å²) < 4.78 is 0. The highest BCUT2D eigenvalue weighted by atomic mass is 79.9. The second-order valence-corrected chi connectivity index (χ2v) is 5.67. The molecule has 2 rings (SSSR count). The molecule has 0 amide bonds. The first-order valence-electron chi connectivity index (χ1n) is 7.95. The van der Waals surface area contributed by atoms with E-state index in [-0.39, 0.29) is 17.0 Å². The predicted molar refractivity (Wildman–Crippen MR) is 89.2 cm³/mol. The van der Waals surface area contributed by atoms with Crippen molar-refractivity contribution in [3.05, 3.63) is 11.6 Å². The lowest BCUT2D eigenvalue weighted by Crippen LogP contribution is -2.12. The number of hydrogen-bond donors (Lipinski definition) is 1. The zero-order valence-corrected chi connectivity index (χ0v) is 13.8. The highest BCUT2D eigenvalue weighted by molar-refractivity contribution is 8.93. The van der Waals surface area contributed by atoms with E-state index < -0.39 is 0 Å². The lowest BCUT2D eigenvalue weighted by molar-refractivity contribution is 0.623. The van der Waals surface area contributed by atoms with E-state index in [0.717, 1.165) is 6.54 Å². The van der Waals surface area contributed by atoms with Crippen molar-refractivity contribution in [2.45, 2.75) is 77.0 Å². The fraction of sp³-hybridized carbons (Fsp3) is 0.812. The van der Waals surface area contributed by atoms with Gasteiger partial charge in [0.2, 0.25) is 0 Å². The molecule has 0 aromatic rings. The summed E-state index contributed by atoms with van der Waals surface area (Å²) in [6, 6.07) is 0. The van der Waals surface area contributed by atoms with Crippen LogP contribution in [0.4, 0.5) is 0 Å². The molecule has 1 aliphatic heterocycles. The van der Waals surface area contributed by atoms with Crippen LogP contribution in [-0.4, -0.2) is 12.3 Å². The van der Waals surface area contributed by atoms with Crippen LogP contribution in [0.1, 0.15) is 77.0 Å². The van der Waals surface area contributed by atoms with Crippen LogP contribution < -0.4 is 5.43 Å². The Hall–Kier alpha value is -0.310. The number of halogens is 1. The fourth-order valence-electron chi connectivity index (χ4n) is 2.92. The summed E-state index contributed by atoms with van der Waals surface area (Å²) in [5, 5.41) is 4.67. The van der Waals surface area contributed by atoms with Crippen LogP contribution in [0.25, 0.3) is 0 Å². The second kappa shape index (κ2) is 10.5. The van der Waals surface area contributed by atoms with Gasteiger partial charge < -0.3 is 5.43 Å². The van der Waals surface area contributed by atoms with Gasteiger partial charge in [0.25, 0.3) is 0 Å². The summed E-state index contributed by atoms with van der Waals surface area (Å²) in [7, 11) is 0. The monoisotopic (exact) mass is 328 g/mol. The topological polar surface area (TPSA) is 24.4 Å².